The van der Waals surface area contributed by atoms with Crippen LogP contribution < -0.4 is 0 Å². The van der Waals surface area contributed by atoms with Gasteiger partial charge in [-0.05, 0) is 134 Å². The topological polar surface area (TPSA) is 74.8 Å². The molecule has 0 N–H and O–H groups in total. The quantitative estimate of drug-likeness (QED) is 0.174. The zero-order valence-electron chi connectivity index (χ0n) is 15.1. The summed E-state index contributed by atoms with van der Waals surface area (Å²) in [6.07, 6.45) is -1.18. The lowest BCUT2D eigenvalue weighted by Crippen LogP contribution is -2.51. The first-order chi connectivity index (χ1) is 14.8. The van der Waals surface area contributed by atoms with Crippen LogP contribution in [0.4, 0.5) is 0 Å². The minimum absolute atomic E-state index is 0.133. The highest BCUT2D eigenvalue weighted by atomic mass is 79.9. The van der Waals surface area contributed by atoms with Crippen LogP contribution in [0.2, 0.25) is 0 Å². The summed E-state index contributed by atoms with van der Waals surface area (Å²) in [5.74, 6) is -2.52. The Morgan fingerprint density at radius 2 is 0.625 bits per heavy atom. The molecule has 0 spiro atoms. The normalized spacial score (nSPS) is 15.4. The molecule has 2 aromatic carbocycles. The molecule has 0 saturated heterocycles. The van der Waals surface area contributed by atoms with Gasteiger partial charge in [0.2, 0.25) is 0 Å². The number of fused-ring (bicyclic) bond motifs is 2. The van der Waals surface area contributed by atoms with Gasteiger partial charge in [0.05, 0.1) is 22.3 Å². The Bertz CT molecular complexity index is 1130. The molecule has 0 aromatic heterocycles. The van der Waals surface area contributed by atoms with Crippen LogP contribution in [0.25, 0.3) is 0 Å². The third-order valence-corrected chi connectivity index (χ3v) is 14.5. The molecule has 2 heterocycles. The van der Waals surface area contributed by atoms with Crippen LogP contribution in [-0.4, -0.2) is 39.6 Å². The summed E-state index contributed by atoms with van der Waals surface area (Å²) < 4.78 is 3.72. The van der Waals surface area contributed by atoms with Gasteiger partial charge in [-0.3, -0.25) is 29.0 Å². The number of carbonyl (C=O) groups is 4. The smallest absolute Gasteiger partial charge is 0.264 e. The standard InChI is InChI=1S/C18H4Br8N2O4/c1-2(27-15(29)3-4(16(27)30)8(20)12(24)11(23)7(3)19)28-17(31)5-6(18(28)32)10(22)14(26)13(25)9(5)21/h2H,1H3. The van der Waals surface area contributed by atoms with Crippen molar-refractivity contribution in [3.63, 3.8) is 0 Å². The third-order valence-electron chi connectivity index (χ3n) is 5.01. The first-order valence-corrected chi connectivity index (χ1v) is 14.7. The van der Waals surface area contributed by atoms with Gasteiger partial charge >= 0.3 is 0 Å². The molecule has 2 aliphatic heterocycles. The molecule has 0 atom stereocenters. The summed E-state index contributed by atoms with van der Waals surface area (Å²) in [4.78, 5) is 55.0. The molecule has 4 amide bonds. The molecular formula is C18H4Br8N2O4. The number of carbonyl (C=O) groups excluding carboxylic acids is 4. The molecule has 0 aliphatic carbocycles. The molecule has 0 unspecified atom stereocenters. The first kappa shape index (κ1) is 25.6. The molecule has 2 aromatic rings. The molecule has 2 aliphatic rings. The van der Waals surface area contributed by atoms with Gasteiger partial charge in [-0.25, -0.2) is 0 Å². The second-order valence-corrected chi connectivity index (χ2v) is 12.9. The maximum atomic E-state index is 13.3. The molecule has 0 radical (unpaired) electrons. The van der Waals surface area contributed by atoms with E-state index >= 15 is 0 Å². The van der Waals surface area contributed by atoms with E-state index in [1.807, 2.05) is 0 Å². The van der Waals surface area contributed by atoms with Crippen LogP contribution in [0, 0.1) is 0 Å². The lowest BCUT2D eigenvalue weighted by atomic mass is 10.1. The maximum Gasteiger partial charge on any atom is 0.264 e. The number of halogens is 8. The van der Waals surface area contributed by atoms with Crippen molar-refractivity contribution in [3.8, 4) is 0 Å². The fourth-order valence-electron chi connectivity index (χ4n) is 3.53. The van der Waals surface area contributed by atoms with Crippen molar-refractivity contribution >= 4 is 151 Å². The zero-order chi connectivity index (χ0) is 24.0. The average molecular weight is 951 g/mol. The Labute approximate surface area is 248 Å². The molecule has 32 heavy (non-hydrogen) atoms. The SMILES string of the molecule is CC(N1C(=O)c2c(Br)c(Br)c(Br)c(Br)c2C1=O)N1C(=O)c2c(Br)c(Br)c(Br)c(Br)c2C1=O. The van der Waals surface area contributed by atoms with Crippen molar-refractivity contribution in [3.05, 3.63) is 58.0 Å². The van der Waals surface area contributed by atoms with Gasteiger partial charge in [0.25, 0.3) is 23.6 Å². The maximum absolute atomic E-state index is 13.3. The lowest BCUT2D eigenvalue weighted by molar-refractivity contribution is 0.0323. The summed E-state index contributed by atoms with van der Waals surface area (Å²) in [7, 11) is 0. The summed E-state index contributed by atoms with van der Waals surface area (Å²) in [6.45, 7) is 1.46. The van der Waals surface area contributed by atoms with Gasteiger partial charge in [-0.2, -0.15) is 0 Å². The van der Waals surface area contributed by atoms with Gasteiger partial charge in [-0.15, -0.1) is 0 Å². The number of amides is 4. The fraction of sp³-hybridized carbons (Fsp3) is 0.111. The minimum Gasteiger partial charge on any atom is -0.268 e. The highest BCUT2D eigenvalue weighted by molar-refractivity contribution is 9.15. The molecule has 4 rings (SSSR count). The minimum atomic E-state index is -1.18. The van der Waals surface area contributed by atoms with Crippen molar-refractivity contribution in [2.24, 2.45) is 0 Å². The van der Waals surface area contributed by atoms with Crippen LogP contribution in [0.1, 0.15) is 48.4 Å². The van der Waals surface area contributed by atoms with E-state index in [-0.39, 0.29) is 22.3 Å². The van der Waals surface area contributed by atoms with Gasteiger partial charge < -0.3 is 0 Å². The number of rotatable bonds is 2. The Balaban J connectivity index is 1.84. The number of nitrogens with zero attached hydrogens (tertiary/aromatic N) is 2. The van der Waals surface area contributed by atoms with E-state index < -0.39 is 29.8 Å². The highest BCUT2D eigenvalue weighted by Gasteiger charge is 2.50. The van der Waals surface area contributed by atoms with Crippen molar-refractivity contribution in [1.29, 1.82) is 0 Å². The van der Waals surface area contributed by atoms with E-state index in [9.17, 15) is 19.2 Å². The van der Waals surface area contributed by atoms with Crippen LogP contribution in [-0.2, 0) is 0 Å². The number of imide groups is 2. The predicted octanol–water partition coefficient (Wildman–Crippen LogP) is 8.02. The monoisotopic (exact) mass is 943 g/mol. The predicted molar refractivity (Wildman–Crippen MR) is 145 cm³/mol. The van der Waals surface area contributed by atoms with E-state index in [1.54, 1.807) is 0 Å². The number of benzene rings is 2. The van der Waals surface area contributed by atoms with Crippen molar-refractivity contribution in [2.45, 2.75) is 13.1 Å². The molecule has 0 saturated carbocycles. The first-order valence-electron chi connectivity index (χ1n) is 8.32. The summed E-state index contributed by atoms with van der Waals surface area (Å²) >= 11 is 26.9. The third kappa shape index (κ3) is 3.40. The highest BCUT2D eigenvalue weighted by Crippen LogP contribution is 2.48. The van der Waals surface area contributed by atoms with Crippen LogP contribution in [0.15, 0.2) is 35.8 Å². The summed E-state index contributed by atoms with van der Waals surface area (Å²) in [5.41, 5.74) is 0.531. The van der Waals surface area contributed by atoms with Crippen molar-refractivity contribution in [2.75, 3.05) is 0 Å². The van der Waals surface area contributed by atoms with E-state index in [0.717, 1.165) is 9.80 Å². The largest absolute Gasteiger partial charge is 0.268 e. The molecule has 0 bridgehead atoms. The fourth-order valence-corrected chi connectivity index (χ4v) is 8.44. The Morgan fingerprint density at radius 3 is 0.812 bits per heavy atom. The molecular weight excluding hydrogens is 947 g/mol. The van der Waals surface area contributed by atoms with Crippen molar-refractivity contribution < 1.29 is 19.2 Å². The number of hydrogen-bond acceptors (Lipinski definition) is 4. The summed E-state index contributed by atoms with van der Waals surface area (Å²) in [6, 6.07) is 0. The van der Waals surface area contributed by atoms with Gasteiger partial charge in [0, 0.05) is 35.8 Å². The van der Waals surface area contributed by atoms with E-state index in [2.05, 4.69) is 127 Å². The Hall–Kier alpha value is 0.560. The molecule has 166 valence electrons. The molecule has 6 nitrogen and oxygen atoms in total. The Kier molecular flexibility index (Phi) is 7.13. The van der Waals surface area contributed by atoms with Gasteiger partial charge in [0.15, 0.2) is 0 Å². The second-order valence-electron chi connectivity index (χ2n) is 6.60. The lowest BCUT2D eigenvalue weighted by Gasteiger charge is -2.29. The number of hydrogen-bond donors (Lipinski definition) is 0. The van der Waals surface area contributed by atoms with E-state index in [1.165, 1.54) is 6.92 Å². The second kappa shape index (κ2) is 8.90. The van der Waals surface area contributed by atoms with E-state index in [4.69, 9.17) is 0 Å². The van der Waals surface area contributed by atoms with Gasteiger partial charge in [-0.1, -0.05) is 0 Å². The van der Waals surface area contributed by atoms with Crippen LogP contribution in [0.3, 0.4) is 0 Å². The molecule has 0 fully saturated rings. The Morgan fingerprint density at radius 1 is 0.438 bits per heavy atom. The molecule has 14 heteroatoms. The average Bonchev–Trinajstić information content (AvgIpc) is 3.16. The van der Waals surface area contributed by atoms with Crippen LogP contribution in [0.5, 0.6) is 0 Å². The van der Waals surface area contributed by atoms with E-state index in [0.29, 0.717) is 35.8 Å². The van der Waals surface area contributed by atoms with Crippen LogP contribution >= 0.6 is 127 Å². The summed E-state index contributed by atoms with van der Waals surface area (Å²) in [5, 5.41) is 0. The van der Waals surface area contributed by atoms with Gasteiger partial charge in [0.1, 0.15) is 6.17 Å². The zero-order valence-corrected chi connectivity index (χ0v) is 27.8. The van der Waals surface area contributed by atoms with Crippen molar-refractivity contribution in [1.82, 2.24) is 9.80 Å².